The molecule has 6 heteroatoms. The Hall–Kier alpha value is -1.37. The van der Waals surface area contributed by atoms with Gasteiger partial charge in [0.25, 0.3) is 10.0 Å². The summed E-state index contributed by atoms with van der Waals surface area (Å²) >= 11 is 1.24. The molecule has 0 spiro atoms. The number of aliphatic hydroxyl groups is 1. The van der Waals surface area contributed by atoms with Crippen LogP contribution in [0.4, 0.5) is 5.69 Å². The van der Waals surface area contributed by atoms with E-state index in [0.29, 0.717) is 10.6 Å². The number of benzene rings is 1. The van der Waals surface area contributed by atoms with Crippen molar-refractivity contribution in [2.45, 2.75) is 18.4 Å². The Morgan fingerprint density at radius 2 is 1.84 bits per heavy atom. The maximum absolute atomic E-state index is 12.5. The van der Waals surface area contributed by atoms with Crippen molar-refractivity contribution in [2.24, 2.45) is 0 Å². The molecular formula is C13H15NO3S2. The van der Waals surface area contributed by atoms with Gasteiger partial charge in [0.15, 0.2) is 0 Å². The number of aryl methyl sites for hydroxylation is 1. The van der Waals surface area contributed by atoms with Crippen molar-refractivity contribution in [2.75, 3.05) is 11.4 Å². The predicted octanol–water partition coefficient (Wildman–Crippen LogP) is 2.37. The van der Waals surface area contributed by atoms with E-state index in [2.05, 4.69) is 0 Å². The first-order valence-electron chi connectivity index (χ1n) is 5.69. The van der Waals surface area contributed by atoms with Crippen LogP contribution in [0.5, 0.6) is 0 Å². The lowest BCUT2D eigenvalue weighted by atomic mass is 10.2. The molecule has 0 saturated heterocycles. The summed E-state index contributed by atoms with van der Waals surface area (Å²) in [5.74, 6) is 0. The lowest BCUT2D eigenvalue weighted by molar-refractivity contribution is 0.282. The molecule has 0 radical (unpaired) electrons. The number of thiophene rings is 1. The van der Waals surface area contributed by atoms with E-state index in [1.807, 2.05) is 19.1 Å². The summed E-state index contributed by atoms with van der Waals surface area (Å²) in [7, 11) is -2.11. The van der Waals surface area contributed by atoms with E-state index in [1.165, 1.54) is 28.8 Å². The van der Waals surface area contributed by atoms with E-state index < -0.39 is 10.0 Å². The van der Waals surface area contributed by atoms with Crippen molar-refractivity contribution in [1.82, 2.24) is 0 Å². The molecule has 2 aromatic rings. The summed E-state index contributed by atoms with van der Waals surface area (Å²) in [6.45, 7) is 1.68. The number of sulfonamides is 1. The zero-order valence-corrected chi connectivity index (χ0v) is 12.3. The number of hydrogen-bond acceptors (Lipinski definition) is 4. The molecule has 102 valence electrons. The summed E-state index contributed by atoms with van der Waals surface area (Å²) in [5.41, 5.74) is 1.67. The molecule has 0 fully saturated rings. The Balaban J connectivity index is 2.42. The van der Waals surface area contributed by atoms with E-state index in [0.717, 1.165) is 5.56 Å². The first-order chi connectivity index (χ1) is 8.96. The molecule has 0 aliphatic heterocycles. The fourth-order valence-corrected chi connectivity index (χ4v) is 4.18. The standard InChI is InChI=1S/C13H15NO3S2/c1-10-3-5-11(6-4-10)14(2)19(16,17)13-7-8-18-12(13)9-15/h3-8,15H,9H2,1-2H3. The van der Waals surface area contributed by atoms with Gasteiger partial charge in [0.05, 0.1) is 17.2 Å². The predicted molar refractivity (Wildman–Crippen MR) is 77.0 cm³/mol. The molecule has 0 bridgehead atoms. The molecule has 2 rings (SSSR count). The molecule has 0 saturated carbocycles. The van der Waals surface area contributed by atoms with E-state index in [9.17, 15) is 13.5 Å². The highest BCUT2D eigenvalue weighted by atomic mass is 32.2. The van der Waals surface area contributed by atoms with Crippen LogP contribution in [0.2, 0.25) is 0 Å². The number of hydrogen-bond donors (Lipinski definition) is 1. The summed E-state index contributed by atoms with van der Waals surface area (Å²) in [4.78, 5) is 0.627. The van der Waals surface area contributed by atoms with Crippen LogP contribution in [-0.4, -0.2) is 20.6 Å². The highest BCUT2D eigenvalue weighted by molar-refractivity contribution is 7.93. The van der Waals surface area contributed by atoms with Crippen LogP contribution in [0.3, 0.4) is 0 Å². The molecular weight excluding hydrogens is 282 g/mol. The molecule has 1 aromatic heterocycles. The van der Waals surface area contributed by atoms with Gasteiger partial charge in [0.2, 0.25) is 0 Å². The molecule has 0 aliphatic rings. The SMILES string of the molecule is Cc1ccc(N(C)S(=O)(=O)c2ccsc2CO)cc1. The third kappa shape index (κ3) is 2.65. The normalized spacial score (nSPS) is 11.5. The summed E-state index contributed by atoms with van der Waals surface area (Å²) in [6, 6.07) is 8.77. The van der Waals surface area contributed by atoms with Crippen molar-refractivity contribution in [1.29, 1.82) is 0 Å². The van der Waals surface area contributed by atoms with Gasteiger partial charge in [0, 0.05) is 7.05 Å². The highest BCUT2D eigenvalue weighted by Crippen LogP contribution is 2.27. The Morgan fingerprint density at radius 3 is 2.42 bits per heavy atom. The Labute approximate surface area is 117 Å². The maximum Gasteiger partial charge on any atom is 0.265 e. The van der Waals surface area contributed by atoms with Crippen LogP contribution in [0, 0.1) is 6.92 Å². The highest BCUT2D eigenvalue weighted by Gasteiger charge is 2.24. The van der Waals surface area contributed by atoms with Crippen molar-refractivity contribution in [3.8, 4) is 0 Å². The average molecular weight is 297 g/mol. The molecule has 0 atom stereocenters. The fraction of sp³-hybridized carbons (Fsp3) is 0.231. The molecule has 19 heavy (non-hydrogen) atoms. The van der Waals surface area contributed by atoms with Crippen LogP contribution in [0.25, 0.3) is 0 Å². The topological polar surface area (TPSA) is 57.6 Å². The Morgan fingerprint density at radius 1 is 1.21 bits per heavy atom. The van der Waals surface area contributed by atoms with Gasteiger partial charge in [-0.3, -0.25) is 4.31 Å². The second-order valence-electron chi connectivity index (χ2n) is 4.17. The second-order valence-corrected chi connectivity index (χ2v) is 7.11. The molecule has 0 unspecified atom stereocenters. The summed E-state index contributed by atoms with van der Waals surface area (Å²) < 4.78 is 26.2. The maximum atomic E-state index is 12.5. The quantitative estimate of drug-likeness (QED) is 0.942. The van der Waals surface area contributed by atoms with Gasteiger partial charge in [-0.1, -0.05) is 17.7 Å². The third-order valence-corrected chi connectivity index (χ3v) is 5.79. The molecule has 4 nitrogen and oxygen atoms in total. The van der Waals surface area contributed by atoms with Gasteiger partial charge in [-0.05, 0) is 30.5 Å². The summed E-state index contributed by atoms with van der Waals surface area (Å²) in [5, 5.41) is 10.9. The monoisotopic (exact) mass is 297 g/mol. The number of nitrogens with zero attached hydrogens (tertiary/aromatic N) is 1. The zero-order chi connectivity index (χ0) is 14.0. The minimum Gasteiger partial charge on any atom is -0.391 e. The number of anilines is 1. The van der Waals surface area contributed by atoms with Crippen molar-refractivity contribution in [3.05, 3.63) is 46.2 Å². The average Bonchev–Trinajstić information content (AvgIpc) is 2.87. The van der Waals surface area contributed by atoms with E-state index in [-0.39, 0.29) is 11.5 Å². The minimum absolute atomic E-state index is 0.170. The summed E-state index contributed by atoms with van der Waals surface area (Å²) in [6.07, 6.45) is 0. The van der Waals surface area contributed by atoms with Crippen LogP contribution in [-0.2, 0) is 16.6 Å². The van der Waals surface area contributed by atoms with Gasteiger partial charge < -0.3 is 5.11 Å². The first-order valence-corrected chi connectivity index (χ1v) is 8.01. The van der Waals surface area contributed by atoms with Gasteiger partial charge in [-0.25, -0.2) is 8.42 Å². The van der Waals surface area contributed by atoms with Crippen LogP contribution in [0.15, 0.2) is 40.6 Å². The van der Waals surface area contributed by atoms with Crippen LogP contribution >= 0.6 is 11.3 Å². The Kier molecular flexibility index (Phi) is 3.93. The smallest absolute Gasteiger partial charge is 0.265 e. The van der Waals surface area contributed by atoms with Crippen LogP contribution in [0.1, 0.15) is 10.4 Å². The van der Waals surface area contributed by atoms with E-state index in [4.69, 9.17) is 0 Å². The van der Waals surface area contributed by atoms with Gasteiger partial charge >= 0.3 is 0 Å². The first kappa shape index (κ1) is 14.0. The van der Waals surface area contributed by atoms with Gasteiger partial charge in [-0.2, -0.15) is 0 Å². The molecule has 0 aliphatic carbocycles. The second kappa shape index (κ2) is 5.32. The third-order valence-electron chi connectivity index (χ3n) is 2.88. The van der Waals surface area contributed by atoms with Gasteiger partial charge in [-0.15, -0.1) is 11.3 Å². The van der Waals surface area contributed by atoms with E-state index in [1.54, 1.807) is 17.5 Å². The minimum atomic E-state index is -3.62. The lowest BCUT2D eigenvalue weighted by Crippen LogP contribution is -2.26. The number of aliphatic hydroxyl groups excluding tert-OH is 1. The largest absolute Gasteiger partial charge is 0.391 e. The van der Waals surface area contributed by atoms with Crippen molar-refractivity contribution < 1.29 is 13.5 Å². The molecule has 1 N–H and O–H groups in total. The Bertz CT molecular complexity index is 659. The van der Waals surface area contributed by atoms with Crippen molar-refractivity contribution in [3.63, 3.8) is 0 Å². The van der Waals surface area contributed by atoms with Crippen molar-refractivity contribution >= 4 is 27.0 Å². The van der Waals surface area contributed by atoms with Gasteiger partial charge in [0.1, 0.15) is 4.90 Å². The molecule has 0 amide bonds. The molecule has 1 heterocycles. The lowest BCUT2D eigenvalue weighted by Gasteiger charge is -2.19. The van der Waals surface area contributed by atoms with Crippen LogP contribution < -0.4 is 4.31 Å². The fourth-order valence-electron chi connectivity index (χ4n) is 1.71. The van der Waals surface area contributed by atoms with E-state index >= 15 is 0 Å². The molecule has 1 aromatic carbocycles. The number of rotatable bonds is 4. The zero-order valence-electron chi connectivity index (χ0n) is 10.7.